The van der Waals surface area contributed by atoms with Crippen molar-refractivity contribution in [3.63, 3.8) is 0 Å². The molecule has 0 radical (unpaired) electrons. The number of carbonyl (C=O) groups excluding carboxylic acids is 1. The molecule has 7 heteroatoms. The summed E-state index contributed by atoms with van der Waals surface area (Å²) in [7, 11) is 3.97. The van der Waals surface area contributed by atoms with Crippen LogP contribution in [0.5, 0.6) is 0 Å². The molecule has 2 aromatic carbocycles. The number of anilines is 2. The molecule has 0 atom stereocenters. The van der Waals surface area contributed by atoms with Crippen LogP contribution in [0.15, 0.2) is 91.5 Å². The van der Waals surface area contributed by atoms with Crippen LogP contribution in [0.3, 0.4) is 0 Å². The maximum absolute atomic E-state index is 14.0. The monoisotopic (exact) mass is 542 g/mol. The summed E-state index contributed by atoms with van der Waals surface area (Å²) in [6.45, 7) is 0.448. The molecule has 0 aliphatic heterocycles. The van der Waals surface area contributed by atoms with E-state index in [0.717, 1.165) is 64.5 Å². The molecule has 3 aromatic heterocycles. The zero-order valence-electron chi connectivity index (χ0n) is 23.6. The number of carbonyl (C=O) groups is 1. The van der Waals surface area contributed by atoms with E-state index in [1.54, 1.807) is 12.4 Å². The predicted molar refractivity (Wildman–Crippen MR) is 165 cm³/mol. The minimum atomic E-state index is 0.0198. The maximum atomic E-state index is 14.0. The summed E-state index contributed by atoms with van der Waals surface area (Å²) in [5.74, 6) is 2.32. The fourth-order valence-electron chi connectivity index (χ4n) is 5.60. The van der Waals surface area contributed by atoms with E-state index >= 15 is 0 Å². The van der Waals surface area contributed by atoms with Crippen LogP contribution in [0.2, 0.25) is 0 Å². The van der Waals surface area contributed by atoms with Crippen molar-refractivity contribution < 1.29 is 4.79 Å². The molecule has 41 heavy (non-hydrogen) atoms. The van der Waals surface area contributed by atoms with Gasteiger partial charge in [-0.3, -0.25) is 14.7 Å². The summed E-state index contributed by atoms with van der Waals surface area (Å²) < 4.78 is 0. The van der Waals surface area contributed by atoms with Gasteiger partial charge in [-0.1, -0.05) is 61.7 Å². The highest BCUT2D eigenvalue weighted by Crippen LogP contribution is 2.31. The highest BCUT2D eigenvalue weighted by Gasteiger charge is 2.28. The van der Waals surface area contributed by atoms with Crippen LogP contribution in [0.1, 0.15) is 37.7 Å². The van der Waals surface area contributed by atoms with Crippen LogP contribution >= 0.6 is 0 Å². The van der Waals surface area contributed by atoms with Gasteiger partial charge in [-0.15, -0.1) is 0 Å². The first-order chi connectivity index (χ1) is 20.1. The second-order valence-electron chi connectivity index (χ2n) is 10.9. The van der Waals surface area contributed by atoms with E-state index in [2.05, 4.69) is 45.3 Å². The summed E-state index contributed by atoms with van der Waals surface area (Å²) in [5.41, 5.74) is 4.12. The number of hydrogen-bond donors (Lipinski definition) is 0. The third-order valence-electron chi connectivity index (χ3n) is 7.89. The minimum Gasteiger partial charge on any atom is -0.363 e. The molecule has 1 saturated carbocycles. The molecule has 206 valence electrons. The van der Waals surface area contributed by atoms with Crippen LogP contribution in [0.4, 0.5) is 11.6 Å². The SMILES string of the molecule is CN(C)c1ccc(-c2ccc(CN(C(=O)C3CCCCC3)c3ccnc(-c4cccc5cnccc45)n3)cc2)cn1. The number of pyridine rings is 2. The Morgan fingerprint density at radius 1 is 0.805 bits per heavy atom. The Morgan fingerprint density at radius 3 is 2.37 bits per heavy atom. The lowest BCUT2D eigenvalue weighted by molar-refractivity contribution is -0.123. The zero-order chi connectivity index (χ0) is 28.2. The Bertz CT molecular complexity index is 1640. The number of fused-ring (bicyclic) bond motifs is 1. The third-order valence-corrected chi connectivity index (χ3v) is 7.89. The molecule has 1 aliphatic carbocycles. The number of nitrogens with zero attached hydrogens (tertiary/aromatic N) is 6. The fourth-order valence-corrected chi connectivity index (χ4v) is 5.60. The van der Waals surface area contributed by atoms with E-state index in [-0.39, 0.29) is 11.8 Å². The van der Waals surface area contributed by atoms with Gasteiger partial charge in [0.05, 0.1) is 6.54 Å². The van der Waals surface area contributed by atoms with Gasteiger partial charge in [0.2, 0.25) is 5.91 Å². The number of hydrogen-bond acceptors (Lipinski definition) is 6. The van der Waals surface area contributed by atoms with Crippen LogP contribution in [0.25, 0.3) is 33.3 Å². The smallest absolute Gasteiger partial charge is 0.231 e. The van der Waals surface area contributed by atoms with Gasteiger partial charge < -0.3 is 4.90 Å². The van der Waals surface area contributed by atoms with Crippen molar-refractivity contribution in [1.82, 2.24) is 19.9 Å². The minimum absolute atomic E-state index is 0.0198. The van der Waals surface area contributed by atoms with Crippen molar-refractivity contribution >= 4 is 28.3 Å². The molecule has 1 aliphatic rings. The average Bonchev–Trinajstić information content (AvgIpc) is 3.04. The van der Waals surface area contributed by atoms with Gasteiger partial charge in [0, 0.05) is 61.3 Å². The maximum Gasteiger partial charge on any atom is 0.231 e. The van der Waals surface area contributed by atoms with Gasteiger partial charge in [-0.25, -0.2) is 15.0 Å². The lowest BCUT2D eigenvalue weighted by Crippen LogP contribution is -2.37. The standard InChI is InChI=1S/C34H34N6O/c1-39(2)31-16-15-27(22-37-31)25-13-11-24(12-14-25)23-40(34(41)26-7-4-3-5-8-26)32-18-20-36-33(38-32)30-10-6-9-28-21-35-19-17-29(28)30/h6,9-22,26H,3-5,7-8,23H2,1-2H3. The summed E-state index contributed by atoms with van der Waals surface area (Å²) in [6.07, 6.45) is 12.5. The summed E-state index contributed by atoms with van der Waals surface area (Å²) in [4.78, 5) is 36.2. The second kappa shape index (κ2) is 11.8. The molecule has 0 bridgehead atoms. The van der Waals surface area contributed by atoms with E-state index in [0.29, 0.717) is 18.2 Å². The molecule has 3 heterocycles. The van der Waals surface area contributed by atoms with Crippen molar-refractivity contribution in [2.75, 3.05) is 23.9 Å². The molecular formula is C34H34N6O. The molecule has 6 rings (SSSR count). The van der Waals surface area contributed by atoms with Crippen molar-refractivity contribution in [3.8, 4) is 22.5 Å². The van der Waals surface area contributed by atoms with E-state index in [4.69, 9.17) is 4.98 Å². The van der Waals surface area contributed by atoms with Crippen molar-refractivity contribution in [2.45, 2.75) is 38.6 Å². The number of benzene rings is 2. The molecule has 0 unspecified atom stereocenters. The normalized spacial score (nSPS) is 13.7. The van der Waals surface area contributed by atoms with Gasteiger partial charge in [0.15, 0.2) is 5.82 Å². The summed E-state index contributed by atoms with van der Waals surface area (Å²) in [6, 6.07) is 22.4. The molecule has 1 fully saturated rings. The Hall–Kier alpha value is -4.65. The van der Waals surface area contributed by atoms with Crippen LogP contribution in [0, 0.1) is 5.92 Å². The first-order valence-electron chi connectivity index (χ1n) is 14.3. The Balaban J connectivity index is 1.32. The van der Waals surface area contributed by atoms with Gasteiger partial charge in [-0.2, -0.15) is 0 Å². The van der Waals surface area contributed by atoms with Gasteiger partial charge in [0.25, 0.3) is 0 Å². The van der Waals surface area contributed by atoms with E-state index in [9.17, 15) is 4.79 Å². The van der Waals surface area contributed by atoms with Gasteiger partial charge in [-0.05, 0) is 53.6 Å². The lowest BCUT2D eigenvalue weighted by atomic mass is 9.88. The van der Waals surface area contributed by atoms with Crippen LogP contribution in [-0.2, 0) is 11.3 Å². The Kier molecular flexibility index (Phi) is 7.67. The summed E-state index contributed by atoms with van der Waals surface area (Å²) >= 11 is 0. The number of aromatic nitrogens is 4. The molecule has 0 saturated heterocycles. The molecule has 7 nitrogen and oxygen atoms in total. The van der Waals surface area contributed by atoms with E-state index in [1.165, 1.54) is 6.42 Å². The van der Waals surface area contributed by atoms with Gasteiger partial charge >= 0.3 is 0 Å². The summed E-state index contributed by atoms with van der Waals surface area (Å²) in [5, 5.41) is 2.06. The topological polar surface area (TPSA) is 75.1 Å². The van der Waals surface area contributed by atoms with Crippen molar-refractivity contribution in [1.29, 1.82) is 0 Å². The van der Waals surface area contributed by atoms with Crippen molar-refractivity contribution in [2.24, 2.45) is 5.92 Å². The van der Waals surface area contributed by atoms with Gasteiger partial charge in [0.1, 0.15) is 11.6 Å². The highest BCUT2D eigenvalue weighted by molar-refractivity contribution is 5.96. The average molecular weight is 543 g/mol. The number of rotatable bonds is 7. The van der Waals surface area contributed by atoms with Crippen molar-refractivity contribution in [3.05, 3.63) is 97.1 Å². The molecule has 0 spiro atoms. The van der Waals surface area contributed by atoms with Crippen LogP contribution < -0.4 is 9.80 Å². The predicted octanol–water partition coefficient (Wildman–Crippen LogP) is 6.93. The molecule has 0 N–H and O–H groups in total. The second-order valence-corrected chi connectivity index (χ2v) is 10.9. The molecule has 5 aromatic rings. The Labute approximate surface area is 240 Å². The van der Waals surface area contributed by atoms with Crippen LogP contribution in [-0.4, -0.2) is 39.9 Å². The molecule has 1 amide bonds. The zero-order valence-corrected chi connectivity index (χ0v) is 23.6. The fraction of sp³-hybridized carbons (Fsp3) is 0.265. The quantitative estimate of drug-likeness (QED) is 0.222. The largest absolute Gasteiger partial charge is 0.363 e. The Morgan fingerprint density at radius 2 is 1.61 bits per heavy atom. The number of amides is 1. The highest BCUT2D eigenvalue weighted by atomic mass is 16.2. The van der Waals surface area contributed by atoms with E-state index in [1.807, 2.05) is 72.7 Å². The van der Waals surface area contributed by atoms with E-state index < -0.39 is 0 Å². The lowest BCUT2D eigenvalue weighted by Gasteiger charge is -2.29. The molecular weight excluding hydrogens is 508 g/mol. The first kappa shape index (κ1) is 26.6. The first-order valence-corrected chi connectivity index (χ1v) is 14.3. The third kappa shape index (κ3) is 5.80.